The number of halogens is 1. The van der Waals surface area contributed by atoms with Gasteiger partial charge in [-0.3, -0.25) is 0 Å². The Labute approximate surface area is 292 Å². The molecule has 0 aliphatic rings. The van der Waals surface area contributed by atoms with Crippen LogP contribution in [0.15, 0.2) is 24.3 Å². The van der Waals surface area contributed by atoms with Crippen molar-refractivity contribution in [3.8, 4) is 0 Å². The summed E-state index contributed by atoms with van der Waals surface area (Å²) in [6.45, 7) is 7.00. The van der Waals surface area contributed by atoms with E-state index in [-0.39, 0.29) is 24.3 Å². The van der Waals surface area contributed by atoms with Gasteiger partial charge in [-0.2, -0.15) is 0 Å². The lowest BCUT2D eigenvalue weighted by Gasteiger charge is -2.26. The van der Waals surface area contributed by atoms with Gasteiger partial charge >= 0.3 is 11.9 Å². The number of hydrogen-bond donors (Lipinski definition) is 0. The summed E-state index contributed by atoms with van der Waals surface area (Å²) < 4.78 is 0. The molecular weight excluding hydrogens is 594 g/mol. The first-order valence-electron chi connectivity index (χ1n) is 19.6. The monoisotopic (exact) mass is 670 g/mol. The molecule has 0 aliphatic carbocycles. The lowest BCUT2D eigenvalue weighted by Crippen LogP contribution is -3.00. The molecule has 0 N–H and O–H groups in total. The molecule has 0 saturated heterocycles. The summed E-state index contributed by atoms with van der Waals surface area (Å²) >= 11 is 0. The third-order valence-corrected chi connectivity index (χ3v) is 8.51. The highest BCUT2D eigenvalue weighted by Gasteiger charge is 2.32. The molecule has 0 bridgehead atoms. The second-order valence-corrected chi connectivity index (χ2v) is 13.3. The molecule has 0 spiro atoms. The van der Waals surface area contributed by atoms with Crippen molar-refractivity contribution in [3.05, 3.63) is 24.3 Å². The molecule has 0 rings (SSSR count). The van der Waals surface area contributed by atoms with E-state index in [1.54, 1.807) is 7.05 Å². The van der Waals surface area contributed by atoms with Crippen LogP contribution in [0.25, 0.3) is 0 Å². The highest BCUT2D eigenvalue weighted by Crippen LogP contribution is 2.16. The van der Waals surface area contributed by atoms with E-state index >= 15 is 0 Å². The van der Waals surface area contributed by atoms with Gasteiger partial charge in [0.15, 0.2) is 13.6 Å². The lowest BCUT2D eigenvalue weighted by atomic mass is 10.1. The normalized spacial score (nSPS) is 11.7. The summed E-state index contributed by atoms with van der Waals surface area (Å²) in [5.41, 5.74) is 0. The molecule has 272 valence electrons. The Kier molecular flexibility index (Phi) is 37.1. The summed E-state index contributed by atoms with van der Waals surface area (Å²) in [7, 11) is 1.68. The minimum Gasteiger partial charge on any atom is -1.00 e. The first-order valence-corrected chi connectivity index (χ1v) is 19.6. The number of unbranched alkanes of at least 4 members (excludes halogenated alkanes) is 22. The van der Waals surface area contributed by atoms with Crippen LogP contribution in [0.3, 0.4) is 0 Å². The van der Waals surface area contributed by atoms with Gasteiger partial charge in [-0.05, 0) is 64.2 Å². The number of nitrogens with zero attached hydrogens (tertiary/aromatic N) is 1. The molecule has 0 atom stereocenters. The molecule has 0 aromatic heterocycles. The second kappa shape index (κ2) is 36.5. The van der Waals surface area contributed by atoms with Crippen molar-refractivity contribution in [1.29, 1.82) is 0 Å². The lowest BCUT2D eigenvalue weighted by molar-refractivity contribution is -1.21. The Bertz CT molecular complexity index is 670. The van der Waals surface area contributed by atoms with E-state index in [0.717, 1.165) is 57.8 Å². The molecule has 0 saturated carbocycles. The van der Waals surface area contributed by atoms with Gasteiger partial charge in [0.25, 0.3) is 0 Å². The minimum atomic E-state index is -0.398. The molecule has 6 heteroatoms. The van der Waals surface area contributed by atoms with Crippen LogP contribution in [0, 0.1) is 0 Å². The van der Waals surface area contributed by atoms with Gasteiger partial charge in [0.05, 0.1) is 12.8 Å². The van der Waals surface area contributed by atoms with Crippen LogP contribution in [-0.2, 0) is 19.3 Å². The number of carbonyl (C=O) groups excluding carboxylic acids is 2. The van der Waals surface area contributed by atoms with Crippen LogP contribution >= 0.6 is 0 Å². The topological polar surface area (TPSA) is 52.6 Å². The molecule has 0 fully saturated rings. The van der Waals surface area contributed by atoms with Gasteiger partial charge in [-0.25, -0.2) is 19.3 Å². The molecule has 0 heterocycles. The van der Waals surface area contributed by atoms with Crippen molar-refractivity contribution in [3.63, 3.8) is 0 Å². The van der Waals surface area contributed by atoms with Crippen LogP contribution in [0.2, 0.25) is 0 Å². The second-order valence-electron chi connectivity index (χ2n) is 13.3. The maximum atomic E-state index is 12.5. The minimum absolute atomic E-state index is 0. The smallest absolute Gasteiger partial charge is 0.372 e. The Morgan fingerprint density at radius 3 is 1.02 bits per heavy atom. The number of allylic oxidation sites excluding steroid dienone is 4. The number of hydrogen-bond acceptors (Lipinski definition) is 4. The number of quaternary nitrogens is 1. The fraction of sp³-hybridized carbons (Fsp3) is 0.850. The number of rotatable bonds is 34. The number of hydroxylamine groups is 4. The Balaban J connectivity index is 0. The van der Waals surface area contributed by atoms with Crippen molar-refractivity contribution >= 4 is 11.9 Å². The largest absolute Gasteiger partial charge is 1.00 e. The van der Waals surface area contributed by atoms with E-state index in [0.29, 0.717) is 19.4 Å². The van der Waals surface area contributed by atoms with Crippen LogP contribution in [-0.4, -0.2) is 30.3 Å². The summed E-state index contributed by atoms with van der Waals surface area (Å²) in [6.07, 6.45) is 42.8. The van der Waals surface area contributed by atoms with Crippen LogP contribution in [0.1, 0.15) is 207 Å². The van der Waals surface area contributed by atoms with Crippen molar-refractivity contribution < 1.29 is 36.5 Å². The summed E-state index contributed by atoms with van der Waals surface area (Å²) in [4.78, 5) is 35.9. The molecule has 0 radical (unpaired) electrons. The molecule has 0 amide bonds. The molecule has 0 aromatic rings. The van der Waals surface area contributed by atoms with Crippen molar-refractivity contribution in [1.82, 2.24) is 0 Å². The van der Waals surface area contributed by atoms with E-state index in [2.05, 4.69) is 38.2 Å². The fourth-order valence-electron chi connectivity index (χ4n) is 5.72. The first kappa shape index (κ1) is 46.8. The molecule has 0 unspecified atom stereocenters. The SMILES string of the molecule is CCCCCCCC/C=C\CCCCCCCC(=O)O[N+](C)(CCC)OC(=O)CCCCCCC/C=C\CCCCCCCC.[Cl-]. The van der Waals surface area contributed by atoms with Gasteiger partial charge in [-0.15, -0.1) is 0 Å². The third-order valence-electron chi connectivity index (χ3n) is 8.51. The predicted octanol–water partition coefficient (Wildman–Crippen LogP) is 9.84. The first-order chi connectivity index (χ1) is 22.0. The van der Waals surface area contributed by atoms with Crippen LogP contribution < -0.4 is 12.4 Å². The van der Waals surface area contributed by atoms with E-state index in [9.17, 15) is 9.59 Å². The fourth-order valence-corrected chi connectivity index (χ4v) is 5.72. The van der Waals surface area contributed by atoms with E-state index in [1.165, 1.54) is 116 Å². The molecule has 5 nitrogen and oxygen atoms in total. The highest BCUT2D eigenvalue weighted by atomic mass is 35.5. The zero-order chi connectivity index (χ0) is 33.1. The van der Waals surface area contributed by atoms with Gasteiger partial charge in [0.1, 0.15) is 0 Å². The molecule has 0 aliphatic heterocycles. The number of carbonyl (C=O) groups is 2. The zero-order valence-corrected chi connectivity index (χ0v) is 31.7. The highest BCUT2D eigenvalue weighted by molar-refractivity contribution is 5.69. The average Bonchev–Trinajstić information content (AvgIpc) is 3.01. The Hall–Kier alpha value is -1.33. The maximum Gasteiger partial charge on any atom is 0.372 e. The summed E-state index contributed by atoms with van der Waals surface area (Å²) in [5.74, 6) is -0.560. The maximum absolute atomic E-state index is 12.5. The van der Waals surface area contributed by atoms with E-state index in [4.69, 9.17) is 9.68 Å². The molecular formula is C40H76ClNO4. The summed E-state index contributed by atoms with van der Waals surface area (Å²) in [5, 5.41) is 0. The van der Waals surface area contributed by atoms with E-state index in [1.807, 2.05) is 6.92 Å². The van der Waals surface area contributed by atoms with Gasteiger partial charge in [0, 0.05) is 11.2 Å². The van der Waals surface area contributed by atoms with Gasteiger partial charge in [0.2, 0.25) is 0 Å². The third kappa shape index (κ3) is 34.0. The Morgan fingerprint density at radius 1 is 0.435 bits per heavy atom. The molecule has 0 aromatic carbocycles. The van der Waals surface area contributed by atoms with Crippen molar-refractivity contribution in [2.45, 2.75) is 207 Å². The predicted molar refractivity (Wildman–Crippen MR) is 192 cm³/mol. The Morgan fingerprint density at radius 2 is 0.717 bits per heavy atom. The quantitative estimate of drug-likeness (QED) is 0.0296. The van der Waals surface area contributed by atoms with E-state index < -0.39 is 4.81 Å². The average molecular weight is 671 g/mol. The molecule has 46 heavy (non-hydrogen) atoms. The van der Waals surface area contributed by atoms with Crippen LogP contribution in [0.5, 0.6) is 0 Å². The van der Waals surface area contributed by atoms with Gasteiger partial charge in [-0.1, -0.05) is 148 Å². The zero-order valence-electron chi connectivity index (χ0n) is 31.0. The summed E-state index contributed by atoms with van der Waals surface area (Å²) in [6, 6.07) is 0. The van der Waals surface area contributed by atoms with Crippen molar-refractivity contribution in [2.24, 2.45) is 0 Å². The van der Waals surface area contributed by atoms with Crippen LogP contribution in [0.4, 0.5) is 0 Å². The van der Waals surface area contributed by atoms with Crippen molar-refractivity contribution in [2.75, 3.05) is 13.6 Å². The standard InChI is InChI=1S/C40H76NO4.ClH/c1-5-8-10-12-14-16-18-20-22-24-26-28-30-32-34-36-39(42)44-41(4,38-7-3)45-40(43)37-35-33-31-29-27-25-23-21-19-17-15-13-11-9-6-2;/h20-23H,5-19,24-38H2,1-4H3;1H/q+1;/p-1/b22-20-,23-21-;. The van der Waals surface area contributed by atoms with Gasteiger partial charge < -0.3 is 12.4 Å².